The average Bonchev–Trinajstić information content (AvgIpc) is 2.27. The maximum absolute atomic E-state index is 9.90. The maximum Gasteiger partial charge on any atom is 0.151 e. The first kappa shape index (κ1) is 15.8. The molecule has 0 aliphatic carbocycles. The van der Waals surface area contributed by atoms with Crippen LogP contribution in [0.5, 0.6) is 0 Å². The molecule has 0 aromatic carbocycles. The summed E-state index contributed by atoms with van der Waals surface area (Å²) in [5.74, 6) is 0. The molecule has 0 unspecified atom stereocenters. The Labute approximate surface area is 79.2 Å². The molecule has 7 N–H and O–H groups in total. The van der Waals surface area contributed by atoms with Gasteiger partial charge in [0.15, 0.2) is 6.29 Å². The van der Waals surface area contributed by atoms with Gasteiger partial charge in [0.2, 0.25) is 0 Å². The topological polar surface area (TPSA) is 159 Å². The van der Waals surface area contributed by atoms with Crippen molar-refractivity contribution in [1.82, 2.24) is 0 Å². The van der Waals surface area contributed by atoms with Crippen molar-refractivity contribution in [2.45, 2.75) is 24.4 Å². The molecule has 4 atom stereocenters. The molecule has 0 aromatic rings. The molecule has 0 saturated heterocycles. The van der Waals surface area contributed by atoms with Crippen molar-refractivity contribution in [3.05, 3.63) is 0 Å². The lowest BCUT2D eigenvalue weighted by atomic mass is 10.0. The third kappa shape index (κ3) is 5.19. The Bertz CT molecular complexity index is 140. The number of hydrogen-bond donors (Lipinski definition) is 7. The number of aliphatic hydroxyl groups is 5. The van der Waals surface area contributed by atoms with Crippen molar-refractivity contribution in [2.24, 2.45) is 0 Å². The number of hydrogen-bond acceptors (Lipinski definition) is 8. The van der Waals surface area contributed by atoms with Gasteiger partial charge in [-0.1, -0.05) is 0 Å². The van der Waals surface area contributed by atoms with Crippen LogP contribution in [-0.2, 0) is 4.79 Å². The zero-order valence-electron chi connectivity index (χ0n) is 7.13. The van der Waals surface area contributed by atoms with Gasteiger partial charge in [0.1, 0.15) is 24.4 Å². The van der Waals surface area contributed by atoms with Gasteiger partial charge in [-0.05, 0) is 0 Å². The molecule has 8 nitrogen and oxygen atoms in total. The summed E-state index contributed by atoms with van der Waals surface area (Å²) in [6.45, 7) is -0.760. The van der Waals surface area contributed by atoms with E-state index in [1.807, 2.05) is 0 Å². The predicted octanol–water partition coefficient (Wildman–Crippen LogP) is -3.36. The largest absolute Gasteiger partial charge is 0.394 e. The minimum Gasteiger partial charge on any atom is -0.394 e. The molecule has 0 amide bonds. The van der Waals surface area contributed by atoms with Gasteiger partial charge in [-0.15, -0.1) is 0 Å². The SMILES string of the molecule is O=C[C@H](O)[C@@H](O)[C@H](O)[C@H](O)CO.OO. The van der Waals surface area contributed by atoms with E-state index in [2.05, 4.69) is 0 Å². The maximum atomic E-state index is 9.90. The Balaban J connectivity index is 0. The lowest BCUT2D eigenvalue weighted by molar-refractivity contribution is -0.176. The van der Waals surface area contributed by atoms with Crippen molar-refractivity contribution in [3.63, 3.8) is 0 Å². The summed E-state index contributed by atoms with van der Waals surface area (Å²) in [5.41, 5.74) is 0. The molecule has 86 valence electrons. The highest BCUT2D eigenvalue weighted by Gasteiger charge is 2.29. The summed E-state index contributed by atoms with van der Waals surface area (Å²) in [6.07, 6.45) is -6.84. The molecule has 0 radical (unpaired) electrons. The summed E-state index contributed by atoms with van der Waals surface area (Å²) in [4.78, 5) is 9.90. The lowest BCUT2D eigenvalue weighted by Crippen LogP contribution is -2.46. The van der Waals surface area contributed by atoms with Crippen molar-refractivity contribution in [2.75, 3.05) is 6.61 Å². The third-order valence-corrected chi connectivity index (χ3v) is 1.42. The van der Waals surface area contributed by atoms with Crippen LogP contribution in [0.3, 0.4) is 0 Å². The number of aliphatic hydroxyl groups excluding tert-OH is 5. The number of aldehydes is 1. The molecule has 0 aliphatic rings. The highest BCUT2D eigenvalue weighted by atomic mass is 17.0. The Morgan fingerprint density at radius 1 is 1.00 bits per heavy atom. The fourth-order valence-corrected chi connectivity index (χ4v) is 0.618. The fourth-order valence-electron chi connectivity index (χ4n) is 0.618. The van der Waals surface area contributed by atoms with Crippen LogP contribution in [0.15, 0.2) is 0 Å². The quantitative estimate of drug-likeness (QED) is 0.142. The van der Waals surface area contributed by atoms with Gasteiger partial charge in [0, 0.05) is 0 Å². The molecule has 0 spiro atoms. The van der Waals surface area contributed by atoms with E-state index in [4.69, 9.17) is 36.0 Å². The van der Waals surface area contributed by atoms with Gasteiger partial charge < -0.3 is 30.3 Å². The van der Waals surface area contributed by atoms with E-state index in [-0.39, 0.29) is 6.29 Å². The molecule has 0 heterocycles. The van der Waals surface area contributed by atoms with Crippen molar-refractivity contribution < 1.29 is 40.8 Å². The highest BCUT2D eigenvalue weighted by molar-refractivity contribution is 5.56. The Morgan fingerprint density at radius 3 is 1.71 bits per heavy atom. The molecule has 0 aromatic heterocycles. The van der Waals surface area contributed by atoms with Crippen molar-refractivity contribution >= 4 is 6.29 Å². The monoisotopic (exact) mass is 214 g/mol. The Morgan fingerprint density at radius 2 is 1.43 bits per heavy atom. The van der Waals surface area contributed by atoms with Gasteiger partial charge in [-0.2, -0.15) is 0 Å². The van der Waals surface area contributed by atoms with Crippen LogP contribution in [0, 0.1) is 0 Å². The van der Waals surface area contributed by atoms with Crippen molar-refractivity contribution in [3.8, 4) is 0 Å². The van der Waals surface area contributed by atoms with Crippen LogP contribution in [-0.4, -0.2) is 73.4 Å². The molecule has 8 heteroatoms. The van der Waals surface area contributed by atoms with Crippen LogP contribution >= 0.6 is 0 Å². The van der Waals surface area contributed by atoms with E-state index in [9.17, 15) is 4.79 Å². The molecular weight excluding hydrogens is 200 g/mol. The Hall–Kier alpha value is -0.610. The lowest BCUT2D eigenvalue weighted by Gasteiger charge is -2.22. The van der Waals surface area contributed by atoms with Gasteiger partial charge >= 0.3 is 0 Å². The standard InChI is InChI=1S/C6H12O6.H2O2/c7-1-3(9)5(11)6(12)4(10)2-8;1-2/h1,3-6,8-12H,2H2;1-2H/t3-,4+,5+,6+;/m0./s1. The third-order valence-electron chi connectivity index (χ3n) is 1.42. The smallest absolute Gasteiger partial charge is 0.151 e. The number of carbonyl (C=O) groups is 1. The summed E-state index contributed by atoms with van der Waals surface area (Å²) >= 11 is 0. The zero-order valence-corrected chi connectivity index (χ0v) is 7.13. The molecule has 0 saturated carbocycles. The van der Waals surface area contributed by atoms with Crippen LogP contribution in [0.4, 0.5) is 0 Å². The first-order valence-electron chi connectivity index (χ1n) is 3.53. The second-order valence-electron chi connectivity index (χ2n) is 2.36. The normalized spacial score (nSPS) is 18.5. The van der Waals surface area contributed by atoms with E-state index >= 15 is 0 Å². The van der Waals surface area contributed by atoms with Crippen LogP contribution in [0.1, 0.15) is 0 Å². The minimum absolute atomic E-state index is 0.0258. The molecular formula is C6H14O8. The van der Waals surface area contributed by atoms with Gasteiger partial charge in [0.05, 0.1) is 6.61 Å². The first-order valence-corrected chi connectivity index (χ1v) is 3.53. The first-order chi connectivity index (χ1) is 6.54. The summed E-state index contributed by atoms with van der Waals surface area (Å²) in [7, 11) is 0. The van der Waals surface area contributed by atoms with E-state index in [1.54, 1.807) is 0 Å². The number of rotatable bonds is 5. The second kappa shape index (κ2) is 8.97. The molecule has 0 fully saturated rings. The minimum atomic E-state index is -1.79. The highest BCUT2D eigenvalue weighted by Crippen LogP contribution is 2.02. The van der Waals surface area contributed by atoms with E-state index in [0.717, 1.165) is 0 Å². The van der Waals surface area contributed by atoms with Crippen LogP contribution in [0.25, 0.3) is 0 Å². The van der Waals surface area contributed by atoms with Crippen LogP contribution in [0.2, 0.25) is 0 Å². The molecule has 0 rings (SSSR count). The number of carbonyl (C=O) groups excluding carboxylic acids is 1. The molecule has 0 bridgehead atoms. The van der Waals surface area contributed by atoms with Crippen LogP contribution < -0.4 is 0 Å². The molecule has 0 aliphatic heterocycles. The van der Waals surface area contributed by atoms with E-state index < -0.39 is 31.0 Å². The van der Waals surface area contributed by atoms with E-state index in [1.165, 1.54) is 0 Å². The second-order valence-corrected chi connectivity index (χ2v) is 2.36. The predicted molar refractivity (Wildman–Crippen MR) is 42.4 cm³/mol. The van der Waals surface area contributed by atoms with Gasteiger partial charge in [0.25, 0.3) is 0 Å². The Kier molecular flexibility index (Phi) is 10.1. The fraction of sp³-hybridized carbons (Fsp3) is 0.833. The summed E-state index contributed by atoms with van der Waals surface area (Å²) < 4.78 is 0. The van der Waals surface area contributed by atoms with Gasteiger partial charge in [-0.25, -0.2) is 0 Å². The molecule has 14 heavy (non-hydrogen) atoms. The summed E-state index contributed by atoms with van der Waals surface area (Å²) in [6, 6.07) is 0. The van der Waals surface area contributed by atoms with Crippen molar-refractivity contribution in [1.29, 1.82) is 0 Å². The van der Waals surface area contributed by atoms with Gasteiger partial charge in [-0.3, -0.25) is 10.5 Å². The zero-order chi connectivity index (χ0) is 11.7. The average molecular weight is 214 g/mol. The summed E-state index contributed by atoms with van der Waals surface area (Å²) in [5, 5.41) is 55.5. The van der Waals surface area contributed by atoms with E-state index in [0.29, 0.717) is 0 Å².